The zero-order valence-corrected chi connectivity index (χ0v) is 16.1. The van der Waals surface area contributed by atoms with E-state index < -0.39 is 23.3 Å². The summed E-state index contributed by atoms with van der Waals surface area (Å²) in [5.74, 6) is -1.77. The third-order valence-corrected chi connectivity index (χ3v) is 4.86. The second kappa shape index (κ2) is 8.33. The van der Waals surface area contributed by atoms with Crippen LogP contribution >= 0.6 is 0 Å². The molecule has 3 aromatic rings. The number of benzene rings is 1. The maximum Gasteiger partial charge on any atom is 0.295 e. The number of aliphatic hydroxyl groups is 1. The minimum atomic E-state index is -0.914. The Hall–Kier alpha value is -3.11. The van der Waals surface area contributed by atoms with Gasteiger partial charge in [0.15, 0.2) is 17.3 Å². The molecule has 0 radical (unpaired) electrons. The lowest BCUT2D eigenvalue weighted by molar-refractivity contribution is -0.0136. The molecule has 158 valence electrons. The first-order chi connectivity index (χ1) is 14.5. The van der Waals surface area contributed by atoms with E-state index in [1.54, 1.807) is 6.92 Å². The summed E-state index contributed by atoms with van der Waals surface area (Å²) >= 11 is 0. The summed E-state index contributed by atoms with van der Waals surface area (Å²) in [6, 6.07) is 4.00. The van der Waals surface area contributed by atoms with E-state index in [0.717, 1.165) is 12.1 Å². The quantitative estimate of drug-likeness (QED) is 0.657. The van der Waals surface area contributed by atoms with Crippen molar-refractivity contribution >= 4 is 17.0 Å². The van der Waals surface area contributed by atoms with E-state index in [-0.39, 0.29) is 36.6 Å². The third-order valence-electron chi connectivity index (χ3n) is 4.86. The van der Waals surface area contributed by atoms with Gasteiger partial charge in [0.1, 0.15) is 11.5 Å². The van der Waals surface area contributed by atoms with Crippen molar-refractivity contribution in [3.63, 3.8) is 0 Å². The predicted molar refractivity (Wildman–Crippen MR) is 105 cm³/mol. The van der Waals surface area contributed by atoms with E-state index in [4.69, 9.17) is 9.47 Å². The van der Waals surface area contributed by atoms with Crippen LogP contribution in [0.5, 0.6) is 11.5 Å². The average molecular weight is 418 g/mol. The van der Waals surface area contributed by atoms with Crippen molar-refractivity contribution in [1.82, 2.24) is 14.5 Å². The molecule has 8 nitrogen and oxygen atoms in total. The number of pyridine rings is 1. The van der Waals surface area contributed by atoms with Crippen molar-refractivity contribution in [3.05, 3.63) is 52.5 Å². The van der Waals surface area contributed by atoms with Gasteiger partial charge in [-0.3, -0.25) is 9.36 Å². The molecular formula is C20H20F2N4O4. The van der Waals surface area contributed by atoms with E-state index >= 15 is 0 Å². The fourth-order valence-corrected chi connectivity index (χ4v) is 3.30. The molecule has 1 aliphatic heterocycles. The van der Waals surface area contributed by atoms with Crippen molar-refractivity contribution < 1.29 is 23.4 Å². The van der Waals surface area contributed by atoms with Gasteiger partial charge in [0, 0.05) is 30.8 Å². The Labute approximate surface area is 170 Å². The van der Waals surface area contributed by atoms with Gasteiger partial charge in [0.05, 0.1) is 18.8 Å². The molecule has 2 atom stereocenters. The van der Waals surface area contributed by atoms with Crippen molar-refractivity contribution in [2.45, 2.75) is 32.0 Å². The number of hydrogen-bond donors (Lipinski definition) is 2. The molecule has 0 amide bonds. The molecule has 1 aliphatic rings. The molecule has 1 fully saturated rings. The summed E-state index contributed by atoms with van der Waals surface area (Å²) in [4.78, 5) is 21.5. The number of aliphatic hydroxyl groups excluding tert-OH is 1. The molecule has 1 saturated heterocycles. The summed E-state index contributed by atoms with van der Waals surface area (Å²) < 4.78 is 39.1. The van der Waals surface area contributed by atoms with Gasteiger partial charge in [0.25, 0.3) is 5.56 Å². The molecule has 0 bridgehead atoms. The van der Waals surface area contributed by atoms with Crippen LogP contribution in [0.15, 0.2) is 35.3 Å². The normalized spacial score (nSPS) is 19.1. The summed E-state index contributed by atoms with van der Waals surface area (Å²) in [5.41, 5.74) is -0.141. The molecule has 0 aliphatic carbocycles. The van der Waals surface area contributed by atoms with Gasteiger partial charge in [-0.2, -0.15) is 4.98 Å². The van der Waals surface area contributed by atoms with Gasteiger partial charge in [-0.05, 0) is 31.5 Å². The lowest BCUT2D eigenvalue weighted by atomic mass is 10.1. The third kappa shape index (κ3) is 3.96. The monoisotopic (exact) mass is 418 g/mol. The Bertz CT molecular complexity index is 1140. The average Bonchev–Trinajstić information content (AvgIpc) is 2.72. The molecule has 1 aromatic carbocycles. The van der Waals surface area contributed by atoms with Crippen LogP contribution in [0, 0.1) is 11.6 Å². The first kappa shape index (κ1) is 20.2. The number of ether oxygens (including phenoxy) is 2. The van der Waals surface area contributed by atoms with E-state index in [2.05, 4.69) is 15.3 Å². The lowest BCUT2D eigenvalue weighted by Gasteiger charge is -2.28. The van der Waals surface area contributed by atoms with Crippen LogP contribution < -0.4 is 15.6 Å². The van der Waals surface area contributed by atoms with E-state index in [9.17, 15) is 18.7 Å². The Morgan fingerprint density at radius 3 is 2.90 bits per heavy atom. The highest BCUT2D eigenvalue weighted by atomic mass is 19.1. The molecule has 2 aromatic heterocycles. The molecule has 4 rings (SSSR count). The van der Waals surface area contributed by atoms with Gasteiger partial charge in [-0.1, -0.05) is 0 Å². The van der Waals surface area contributed by atoms with Crippen LogP contribution in [0.3, 0.4) is 0 Å². The predicted octanol–water partition coefficient (Wildman–Crippen LogP) is 2.44. The number of nitrogens with one attached hydrogen (secondary N) is 1. The summed E-state index contributed by atoms with van der Waals surface area (Å²) in [6.07, 6.45) is 1.42. The number of fused-ring (bicyclic) bond motifs is 1. The Kier molecular flexibility index (Phi) is 5.60. The van der Waals surface area contributed by atoms with Crippen LogP contribution in [0.25, 0.3) is 11.0 Å². The van der Waals surface area contributed by atoms with Crippen molar-refractivity contribution in [2.75, 3.05) is 18.5 Å². The molecular weight excluding hydrogens is 398 g/mol. The topological polar surface area (TPSA) is 98.5 Å². The number of aryl methyl sites for hydroxylation is 1. The number of hydrogen-bond acceptors (Lipinski definition) is 7. The van der Waals surface area contributed by atoms with Crippen molar-refractivity contribution in [1.29, 1.82) is 0 Å². The standard InChI is InChI=1S/C20H20F2N4O4/c1-2-26-18-11(9-23-20(25-18)24-14-5-6-29-10-15(14)27)7-17(19(26)28)30-16-4-3-12(21)8-13(16)22/h3-4,7-9,14-15,27H,2,5-6,10H2,1H3,(H,23,24,25)/t14?,15-/m1/s1. The zero-order valence-electron chi connectivity index (χ0n) is 16.1. The van der Waals surface area contributed by atoms with Crippen LogP contribution in [0.1, 0.15) is 13.3 Å². The maximum atomic E-state index is 13.9. The van der Waals surface area contributed by atoms with Crippen molar-refractivity contribution in [2.24, 2.45) is 0 Å². The Morgan fingerprint density at radius 2 is 2.17 bits per heavy atom. The smallest absolute Gasteiger partial charge is 0.295 e. The molecule has 1 unspecified atom stereocenters. The lowest BCUT2D eigenvalue weighted by Crippen LogP contribution is -2.42. The minimum absolute atomic E-state index is 0.126. The van der Waals surface area contributed by atoms with Crippen LogP contribution in [-0.2, 0) is 11.3 Å². The van der Waals surface area contributed by atoms with Crippen LogP contribution in [-0.4, -0.2) is 45.0 Å². The number of rotatable bonds is 5. The van der Waals surface area contributed by atoms with E-state index in [1.807, 2.05) is 0 Å². The molecule has 30 heavy (non-hydrogen) atoms. The summed E-state index contributed by atoms with van der Waals surface area (Å²) in [7, 11) is 0. The van der Waals surface area contributed by atoms with Gasteiger partial charge in [0.2, 0.25) is 5.95 Å². The Balaban J connectivity index is 1.69. The van der Waals surface area contributed by atoms with Crippen molar-refractivity contribution in [3.8, 4) is 11.5 Å². The maximum absolute atomic E-state index is 13.9. The largest absolute Gasteiger partial charge is 0.448 e. The zero-order chi connectivity index (χ0) is 21.3. The van der Waals surface area contributed by atoms with E-state index in [1.165, 1.54) is 16.8 Å². The number of aromatic nitrogens is 3. The van der Waals surface area contributed by atoms with Crippen LogP contribution in [0.4, 0.5) is 14.7 Å². The minimum Gasteiger partial charge on any atom is -0.448 e. The molecule has 10 heteroatoms. The fourth-order valence-electron chi connectivity index (χ4n) is 3.30. The molecule has 0 saturated carbocycles. The number of anilines is 1. The second-order valence-corrected chi connectivity index (χ2v) is 6.89. The second-order valence-electron chi connectivity index (χ2n) is 6.89. The summed E-state index contributed by atoms with van der Waals surface area (Å²) in [5, 5.41) is 13.6. The van der Waals surface area contributed by atoms with Gasteiger partial charge >= 0.3 is 0 Å². The highest BCUT2D eigenvalue weighted by molar-refractivity contribution is 5.77. The summed E-state index contributed by atoms with van der Waals surface area (Å²) in [6.45, 7) is 2.80. The van der Waals surface area contributed by atoms with Gasteiger partial charge in [-0.25, -0.2) is 13.8 Å². The number of nitrogens with zero attached hydrogens (tertiary/aromatic N) is 3. The first-order valence-corrected chi connectivity index (χ1v) is 9.52. The van der Waals surface area contributed by atoms with E-state index in [0.29, 0.717) is 30.1 Å². The number of halogens is 2. The Morgan fingerprint density at radius 1 is 1.33 bits per heavy atom. The fraction of sp³-hybridized carbons (Fsp3) is 0.350. The molecule has 2 N–H and O–H groups in total. The highest BCUT2D eigenvalue weighted by Gasteiger charge is 2.24. The van der Waals surface area contributed by atoms with Crippen LogP contribution in [0.2, 0.25) is 0 Å². The molecule has 3 heterocycles. The first-order valence-electron chi connectivity index (χ1n) is 9.52. The van der Waals surface area contributed by atoms with Gasteiger partial charge in [-0.15, -0.1) is 0 Å². The highest BCUT2D eigenvalue weighted by Crippen LogP contribution is 2.25. The SMILES string of the molecule is CCn1c(=O)c(Oc2ccc(F)cc2F)cc2cnc(NC3CCOC[C@H]3O)nc21. The van der Waals surface area contributed by atoms with Gasteiger partial charge < -0.3 is 19.9 Å². The molecule has 0 spiro atoms.